The summed E-state index contributed by atoms with van der Waals surface area (Å²) >= 11 is 0. The van der Waals surface area contributed by atoms with E-state index in [0.717, 1.165) is 37.7 Å². The molecule has 1 fully saturated rings. The number of aliphatic hydroxyl groups is 1. The molecule has 3 rings (SSSR count). The van der Waals surface area contributed by atoms with Gasteiger partial charge in [0.2, 0.25) is 0 Å². The maximum absolute atomic E-state index is 10.7. The summed E-state index contributed by atoms with van der Waals surface area (Å²) in [4.78, 5) is 0. The van der Waals surface area contributed by atoms with Crippen molar-refractivity contribution in [3.8, 4) is 11.8 Å². The highest BCUT2D eigenvalue weighted by Gasteiger charge is 2.38. The Morgan fingerprint density at radius 1 is 0.955 bits per heavy atom. The fourth-order valence-electron chi connectivity index (χ4n) is 3.30. The Hall–Kier alpha value is -2.04. The normalized spacial score (nSPS) is 24.3. The van der Waals surface area contributed by atoms with Crippen LogP contribution in [0.3, 0.4) is 0 Å². The third kappa shape index (κ3) is 3.40. The summed E-state index contributed by atoms with van der Waals surface area (Å²) in [6.45, 7) is 0. The Kier molecular flexibility index (Phi) is 4.61. The zero-order chi connectivity index (χ0) is 15.3. The highest BCUT2D eigenvalue weighted by molar-refractivity contribution is 5.37. The molecule has 1 aliphatic rings. The number of benzene rings is 2. The van der Waals surface area contributed by atoms with Gasteiger partial charge in [0.1, 0.15) is 0 Å². The summed E-state index contributed by atoms with van der Waals surface area (Å²) in [6, 6.07) is 20.5. The fourth-order valence-corrected chi connectivity index (χ4v) is 3.30. The van der Waals surface area contributed by atoms with Crippen molar-refractivity contribution in [2.24, 2.45) is 5.41 Å². The van der Waals surface area contributed by atoms with Crippen molar-refractivity contribution in [2.45, 2.75) is 38.2 Å². The van der Waals surface area contributed by atoms with E-state index < -0.39 is 0 Å². The third-order valence-electron chi connectivity index (χ3n) is 4.58. The molecule has 2 aromatic rings. The average Bonchev–Trinajstić information content (AvgIpc) is 2.57. The van der Waals surface area contributed by atoms with Crippen LogP contribution in [0.4, 0.5) is 0 Å². The van der Waals surface area contributed by atoms with Gasteiger partial charge in [-0.1, -0.05) is 73.2 Å². The van der Waals surface area contributed by atoms with Gasteiger partial charge >= 0.3 is 0 Å². The van der Waals surface area contributed by atoms with Crippen LogP contribution < -0.4 is 0 Å². The largest absolute Gasteiger partial charge is 0.392 e. The maximum Gasteiger partial charge on any atom is 0.0709 e. The Labute approximate surface area is 133 Å². The van der Waals surface area contributed by atoms with Crippen LogP contribution in [0.5, 0.6) is 0 Å². The molecule has 0 heterocycles. The van der Waals surface area contributed by atoms with E-state index in [-0.39, 0.29) is 11.5 Å². The van der Waals surface area contributed by atoms with Crippen molar-refractivity contribution in [1.82, 2.24) is 0 Å². The van der Waals surface area contributed by atoms with Gasteiger partial charge in [0.25, 0.3) is 0 Å². The molecule has 22 heavy (non-hydrogen) atoms. The molecule has 0 unspecified atom stereocenters. The summed E-state index contributed by atoms with van der Waals surface area (Å²) < 4.78 is 0. The Bertz CT molecular complexity index is 651. The van der Waals surface area contributed by atoms with Crippen LogP contribution in [0.25, 0.3) is 0 Å². The maximum atomic E-state index is 10.7. The molecule has 0 amide bonds. The molecule has 1 heteroatoms. The molecule has 0 saturated heterocycles. The van der Waals surface area contributed by atoms with Crippen LogP contribution in [-0.2, 0) is 6.42 Å². The molecule has 0 radical (unpaired) electrons. The van der Waals surface area contributed by atoms with Crippen molar-refractivity contribution in [2.75, 3.05) is 0 Å². The van der Waals surface area contributed by atoms with Gasteiger partial charge in [-0.2, -0.15) is 0 Å². The molecule has 2 atom stereocenters. The number of hydrogen-bond donors (Lipinski definition) is 1. The van der Waals surface area contributed by atoms with E-state index in [1.54, 1.807) is 0 Å². The van der Waals surface area contributed by atoms with Gasteiger partial charge in [0, 0.05) is 5.56 Å². The zero-order valence-electron chi connectivity index (χ0n) is 12.8. The highest BCUT2D eigenvalue weighted by Crippen LogP contribution is 2.39. The topological polar surface area (TPSA) is 20.2 Å². The first-order valence-corrected chi connectivity index (χ1v) is 8.09. The monoisotopic (exact) mass is 290 g/mol. The second kappa shape index (κ2) is 6.81. The molecule has 1 N–H and O–H groups in total. The van der Waals surface area contributed by atoms with Crippen LogP contribution in [0.15, 0.2) is 60.7 Å². The van der Waals surface area contributed by atoms with E-state index in [2.05, 4.69) is 36.1 Å². The van der Waals surface area contributed by atoms with Gasteiger partial charge in [-0.05, 0) is 37.0 Å². The molecule has 1 saturated carbocycles. The second-order valence-corrected chi connectivity index (χ2v) is 6.20. The fraction of sp³-hybridized carbons (Fsp3) is 0.333. The van der Waals surface area contributed by atoms with E-state index in [0.29, 0.717) is 0 Å². The first-order valence-electron chi connectivity index (χ1n) is 8.09. The Balaban J connectivity index is 1.91. The van der Waals surface area contributed by atoms with Gasteiger partial charge in [-0.15, -0.1) is 0 Å². The van der Waals surface area contributed by atoms with E-state index in [4.69, 9.17) is 0 Å². The molecule has 0 aromatic heterocycles. The quantitative estimate of drug-likeness (QED) is 0.822. The van der Waals surface area contributed by atoms with Gasteiger partial charge in [-0.3, -0.25) is 0 Å². The van der Waals surface area contributed by atoms with Crippen molar-refractivity contribution in [3.05, 3.63) is 71.8 Å². The van der Waals surface area contributed by atoms with E-state index in [1.165, 1.54) is 5.56 Å². The minimum absolute atomic E-state index is 0.310. The molecule has 0 aliphatic heterocycles. The molecule has 112 valence electrons. The molecular formula is C21H22O. The van der Waals surface area contributed by atoms with E-state index in [1.807, 2.05) is 36.4 Å². The predicted molar refractivity (Wildman–Crippen MR) is 90.4 cm³/mol. The van der Waals surface area contributed by atoms with Gasteiger partial charge in [0.05, 0.1) is 11.5 Å². The van der Waals surface area contributed by atoms with Crippen molar-refractivity contribution in [3.63, 3.8) is 0 Å². The molecular weight excluding hydrogens is 268 g/mol. The lowest BCUT2D eigenvalue weighted by molar-refractivity contribution is 0.0274. The van der Waals surface area contributed by atoms with Crippen molar-refractivity contribution in [1.29, 1.82) is 0 Å². The summed E-state index contributed by atoms with van der Waals surface area (Å²) in [6.07, 6.45) is 4.57. The first kappa shape index (κ1) is 14.9. The lowest BCUT2D eigenvalue weighted by Gasteiger charge is -2.37. The van der Waals surface area contributed by atoms with Crippen LogP contribution in [0.1, 0.15) is 36.8 Å². The van der Waals surface area contributed by atoms with Gasteiger partial charge in [-0.25, -0.2) is 0 Å². The number of aliphatic hydroxyl groups excluding tert-OH is 1. The molecule has 2 aromatic carbocycles. The third-order valence-corrected chi connectivity index (χ3v) is 4.58. The van der Waals surface area contributed by atoms with E-state index in [9.17, 15) is 5.11 Å². The minimum atomic E-state index is -0.335. The zero-order valence-corrected chi connectivity index (χ0v) is 12.8. The van der Waals surface area contributed by atoms with Gasteiger partial charge < -0.3 is 5.11 Å². The van der Waals surface area contributed by atoms with Crippen LogP contribution >= 0.6 is 0 Å². The Morgan fingerprint density at radius 2 is 1.64 bits per heavy atom. The van der Waals surface area contributed by atoms with Crippen LogP contribution in [-0.4, -0.2) is 11.2 Å². The highest BCUT2D eigenvalue weighted by atomic mass is 16.3. The minimum Gasteiger partial charge on any atom is -0.392 e. The van der Waals surface area contributed by atoms with Crippen molar-refractivity contribution >= 4 is 0 Å². The summed E-state index contributed by atoms with van der Waals surface area (Å²) in [7, 11) is 0. The summed E-state index contributed by atoms with van der Waals surface area (Å²) in [5.41, 5.74) is 1.97. The van der Waals surface area contributed by atoms with E-state index >= 15 is 0 Å². The standard InChI is InChI=1S/C21H22O/c22-20-13-7-8-15-21(20,17-19-11-5-2-6-12-19)16-14-18-9-3-1-4-10-18/h1-6,9-12,20,22H,7-8,13,15,17H2/t20-,21-/m1/s1. The molecule has 0 bridgehead atoms. The second-order valence-electron chi connectivity index (χ2n) is 6.20. The average molecular weight is 290 g/mol. The number of hydrogen-bond acceptors (Lipinski definition) is 1. The lowest BCUT2D eigenvalue weighted by atomic mass is 9.68. The van der Waals surface area contributed by atoms with Crippen LogP contribution in [0.2, 0.25) is 0 Å². The van der Waals surface area contributed by atoms with Gasteiger partial charge in [0.15, 0.2) is 0 Å². The van der Waals surface area contributed by atoms with Crippen molar-refractivity contribution < 1.29 is 5.11 Å². The lowest BCUT2D eigenvalue weighted by Crippen LogP contribution is -2.39. The SMILES string of the molecule is O[C@@H]1CCCC[C@@]1(C#Cc1ccccc1)Cc1ccccc1. The van der Waals surface area contributed by atoms with Crippen LogP contribution in [0, 0.1) is 17.3 Å². The Morgan fingerprint density at radius 3 is 2.32 bits per heavy atom. The molecule has 1 aliphatic carbocycles. The summed E-state index contributed by atoms with van der Waals surface area (Å²) in [5, 5.41) is 10.7. The molecule has 1 nitrogen and oxygen atoms in total. The predicted octanol–water partition coefficient (Wildman–Crippen LogP) is 4.20. The smallest absolute Gasteiger partial charge is 0.0709 e. The summed E-state index contributed by atoms with van der Waals surface area (Å²) in [5.74, 6) is 6.75. The number of rotatable bonds is 2. The molecule has 0 spiro atoms. The first-order chi connectivity index (χ1) is 10.8.